The van der Waals surface area contributed by atoms with Crippen LogP contribution in [0.2, 0.25) is 0 Å². The molecular weight excluding hydrogens is 262 g/mol. The van der Waals surface area contributed by atoms with Crippen LogP contribution in [0.4, 0.5) is 4.79 Å². The van der Waals surface area contributed by atoms with E-state index in [1.54, 1.807) is 26.8 Å². The van der Waals surface area contributed by atoms with Gasteiger partial charge in [-0.1, -0.05) is 0 Å². The van der Waals surface area contributed by atoms with Crippen molar-refractivity contribution < 1.29 is 19.1 Å². The maximum atomic E-state index is 12.0. The molecule has 0 N–H and O–H groups in total. The summed E-state index contributed by atoms with van der Waals surface area (Å²) < 4.78 is 10.9. The molecule has 0 saturated carbocycles. The maximum absolute atomic E-state index is 12.0. The van der Waals surface area contributed by atoms with E-state index in [0.717, 1.165) is 4.68 Å². The van der Waals surface area contributed by atoms with Crippen molar-refractivity contribution in [2.75, 3.05) is 7.11 Å². The fourth-order valence-corrected chi connectivity index (χ4v) is 1.59. The molecule has 2 aromatic rings. The lowest BCUT2D eigenvalue weighted by Crippen LogP contribution is -2.27. The van der Waals surface area contributed by atoms with E-state index >= 15 is 0 Å². The molecule has 0 aromatic carbocycles. The number of carbonyl (C=O) groups excluding carboxylic acids is 2. The first-order valence-corrected chi connectivity index (χ1v) is 5.97. The molecule has 0 atom stereocenters. The average Bonchev–Trinajstić information content (AvgIpc) is 2.78. The van der Waals surface area contributed by atoms with Crippen molar-refractivity contribution in [1.82, 2.24) is 14.8 Å². The molecule has 0 aliphatic carbocycles. The van der Waals surface area contributed by atoms with Crippen molar-refractivity contribution >= 4 is 23.1 Å². The van der Waals surface area contributed by atoms with Gasteiger partial charge in [0, 0.05) is 11.6 Å². The van der Waals surface area contributed by atoms with Crippen molar-refractivity contribution in [2.45, 2.75) is 26.4 Å². The van der Waals surface area contributed by atoms with Gasteiger partial charge in [-0.25, -0.2) is 14.6 Å². The van der Waals surface area contributed by atoms with Crippen molar-refractivity contribution in [2.24, 2.45) is 0 Å². The van der Waals surface area contributed by atoms with Gasteiger partial charge in [0.1, 0.15) is 5.60 Å². The van der Waals surface area contributed by atoms with Crippen molar-refractivity contribution in [3.63, 3.8) is 0 Å². The predicted molar refractivity (Wildman–Crippen MR) is 70.5 cm³/mol. The molecule has 2 rings (SSSR count). The summed E-state index contributed by atoms with van der Waals surface area (Å²) in [6.07, 6.45) is 2.15. The van der Waals surface area contributed by atoms with Crippen molar-refractivity contribution in [1.29, 1.82) is 0 Å². The average molecular weight is 277 g/mol. The Labute approximate surface area is 115 Å². The normalized spacial score (nSPS) is 11.4. The smallest absolute Gasteiger partial charge is 0.437 e. The minimum absolute atomic E-state index is 0.295. The maximum Gasteiger partial charge on any atom is 0.437 e. The first kappa shape index (κ1) is 14.0. The van der Waals surface area contributed by atoms with Gasteiger partial charge in [-0.3, -0.25) is 0 Å². The molecule has 0 bridgehead atoms. The number of fused-ring (bicyclic) bond motifs is 1. The molecule has 20 heavy (non-hydrogen) atoms. The van der Waals surface area contributed by atoms with Crippen molar-refractivity contribution in [3.05, 3.63) is 24.0 Å². The summed E-state index contributed by atoms with van der Waals surface area (Å²) in [7, 11) is 1.29. The highest BCUT2D eigenvalue weighted by atomic mass is 16.6. The second-order valence-electron chi connectivity index (χ2n) is 5.17. The van der Waals surface area contributed by atoms with Gasteiger partial charge >= 0.3 is 12.1 Å². The summed E-state index contributed by atoms with van der Waals surface area (Å²) in [4.78, 5) is 27.4. The minimum atomic E-state index is -0.624. The molecule has 0 spiro atoms. The molecule has 0 aliphatic rings. The molecule has 0 aliphatic heterocycles. The lowest BCUT2D eigenvalue weighted by Gasteiger charge is -2.18. The lowest BCUT2D eigenvalue weighted by molar-refractivity contribution is 0.0521. The topological polar surface area (TPSA) is 83.3 Å². The van der Waals surface area contributed by atoms with Crippen LogP contribution in [0.1, 0.15) is 31.1 Å². The Morgan fingerprint density at radius 1 is 1.25 bits per heavy atom. The highest BCUT2D eigenvalue weighted by molar-refractivity contribution is 5.94. The molecule has 0 unspecified atom stereocenters. The first-order valence-electron chi connectivity index (χ1n) is 5.97. The summed E-state index contributed by atoms with van der Waals surface area (Å²) in [6.45, 7) is 5.29. The van der Waals surface area contributed by atoms with Crippen LogP contribution in [0.15, 0.2) is 18.5 Å². The van der Waals surface area contributed by atoms with Gasteiger partial charge in [0.25, 0.3) is 0 Å². The zero-order chi connectivity index (χ0) is 14.9. The molecule has 7 heteroatoms. The van der Waals surface area contributed by atoms with Gasteiger partial charge in [-0.05, 0) is 26.8 Å². The second kappa shape index (κ2) is 4.92. The number of hydrogen-bond donors (Lipinski definition) is 0. The summed E-state index contributed by atoms with van der Waals surface area (Å²) in [5.41, 5.74) is -0.00273. The third-order valence-electron chi connectivity index (χ3n) is 2.40. The van der Waals surface area contributed by atoms with Gasteiger partial charge in [0.05, 0.1) is 18.9 Å². The highest BCUT2D eigenvalue weighted by Crippen LogP contribution is 2.16. The lowest BCUT2D eigenvalue weighted by atomic mass is 10.2. The van der Waals surface area contributed by atoms with Crippen LogP contribution < -0.4 is 0 Å². The van der Waals surface area contributed by atoms with E-state index in [9.17, 15) is 9.59 Å². The van der Waals surface area contributed by atoms with Crippen LogP contribution in [0.3, 0.4) is 0 Å². The first-order chi connectivity index (χ1) is 9.31. The van der Waals surface area contributed by atoms with E-state index < -0.39 is 17.7 Å². The fraction of sp³-hybridized carbons (Fsp3) is 0.385. The van der Waals surface area contributed by atoms with E-state index in [1.807, 2.05) is 0 Å². The minimum Gasteiger partial charge on any atom is -0.465 e. The quantitative estimate of drug-likeness (QED) is 0.741. The molecule has 0 radical (unpaired) electrons. The number of rotatable bonds is 1. The Morgan fingerprint density at radius 3 is 2.55 bits per heavy atom. The molecule has 106 valence electrons. The summed E-state index contributed by atoms with van der Waals surface area (Å²) in [6, 6.07) is 1.56. The Kier molecular flexibility index (Phi) is 3.44. The standard InChI is InChI=1S/C13H15N3O4/c1-13(2,3)20-12(18)16-10-8(7-15-16)5-9(6-14-10)11(17)19-4/h5-7H,1-4H3. The number of hydrogen-bond acceptors (Lipinski definition) is 6. The van der Waals surface area contributed by atoms with Gasteiger partial charge < -0.3 is 9.47 Å². The number of esters is 1. The predicted octanol–water partition coefficient (Wildman–Crippen LogP) is 2.00. The fourth-order valence-electron chi connectivity index (χ4n) is 1.59. The SMILES string of the molecule is COC(=O)c1cnc2c(cnn2C(=O)OC(C)(C)C)c1. The third kappa shape index (κ3) is 2.76. The number of methoxy groups -OCH3 is 1. The van der Waals surface area contributed by atoms with Crippen LogP contribution >= 0.6 is 0 Å². The number of ether oxygens (including phenoxy) is 2. The van der Waals surface area contributed by atoms with Gasteiger partial charge in [0.15, 0.2) is 5.65 Å². The highest BCUT2D eigenvalue weighted by Gasteiger charge is 2.21. The van der Waals surface area contributed by atoms with E-state index in [0.29, 0.717) is 16.6 Å². The molecule has 2 aromatic heterocycles. The molecule has 0 fully saturated rings. The Balaban J connectivity index is 2.38. The number of nitrogens with zero attached hydrogens (tertiary/aromatic N) is 3. The molecule has 0 saturated heterocycles. The van der Waals surface area contributed by atoms with E-state index in [-0.39, 0.29) is 0 Å². The van der Waals surface area contributed by atoms with Gasteiger partial charge in [0.2, 0.25) is 0 Å². The Bertz CT molecular complexity index is 670. The zero-order valence-corrected chi connectivity index (χ0v) is 11.7. The largest absolute Gasteiger partial charge is 0.465 e. The third-order valence-corrected chi connectivity index (χ3v) is 2.40. The monoisotopic (exact) mass is 277 g/mol. The van der Waals surface area contributed by atoms with E-state index in [4.69, 9.17) is 4.74 Å². The van der Waals surface area contributed by atoms with Crippen LogP contribution in [0.5, 0.6) is 0 Å². The summed E-state index contributed by atoms with van der Waals surface area (Å²) in [5, 5.41) is 4.49. The van der Waals surface area contributed by atoms with E-state index in [2.05, 4.69) is 14.8 Å². The zero-order valence-electron chi connectivity index (χ0n) is 11.7. The Morgan fingerprint density at radius 2 is 1.95 bits per heavy atom. The number of aromatic nitrogens is 3. The van der Waals surface area contributed by atoms with Crippen LogP contribution in [0.25, 0.3) is 11.0 Å². The van der Waals surface area contributed by atoms with E-state index in [1.165, 1.54) is 19.5 Å². The Hall–Kier alpha value is -2.44. The number of carbonyl (C=O) groups is 2. The molecule has 2 heterocycles. The van der Waals surface area contributed by atoms with Crippen LogP contribution in [-0.4, -0.2) is 39.5 Å². The molecule has 0 amide bonds. The number of pyridine rings is 1. The van der Waals surface area contributed by atoms with Gasteiger partial charge in [-0.2, -0.15) is 5.10 Å². The van der Waals surface area contributed by atoms with Crippen LogP contribution in [-0.2, 0) is 9.47 Å². The summed E-state index contributed by atoms with van der Waals surface area (Å²) in [5.74, 6) is -0.496. The molecule has 7 nitrogen and oxygen atoms in total. The summed E-state index contributed by atoms with van der Waals surface area (Å²) >= 11 is 0. The van der Waals surface area contributed by atoms with Gasteiger partial charge in [-0.15, -0.1) is 4.68 Å². The molecular formula is C13H15N3O4. The van der Waals surface area contributed by atoms with Crippen molar-refractivity contribution in [3.8, 4) is 0 Å². The second-order valence-corrected chi connectivity index (χ2v) is 5.17. The van der Waals surface area contributed by atoms with Crippen LogP contribution in [0, 0.1) is 0 Å².